The maximum atomic E-state index is 10.6. The van der Waals surface area contributed by atoms with Crippen LogP contribution in [0.4, 0.5) is 0 Å². The Morgan fingerprint density at radius 2 is 2.00 bits per heavy atom. The third-order valence-corrected chi connectivity index (χ3v) is 3.03. The lowest BCUT2D eigenvalue weighted by atomic mass is 9.98. The second kappa shape index (κ2) is 3.87. The van der Waals surface area contributed by atoms with Crippen molar-refractivity contribution in [2.45, 2.75) is 50.7 Å². The molecular weight excluding hydrogens is 182 g/mol. The van der Waals surface area contributed by atoms with E-state index >= 15 is 0 Å². The molecule has 0 bridgehead atoms. The zero-order chi connectivity index (χ0) is 10.8. The molecule has 1 unspecified atom stereocenters. The molecule has 0 aromatic carbocycles. The first kappa shape index (κ1) is 11.5. The van der Waals surface area contributed by atoms with Gasteiger partial charge in [0.1, 0.15) is 0 Å². The smallest absolute Gasteiger partial charge is 0.336 e. The lowest BCUT2D eigenvalue weighted by Gasteiger charge is -2.29. The van der Waals surface area contributed by atoms with Crippen molar-refractivity contribution in [1.82, 2.24) is 5.32 Å². The van der Waals surface area contributed by atoms with Crippen LogP contribution in [0.25, 0.3) is 0 Å². The van der Waals surface area contributed by atoms with Gasteiger partial charge in [0.25, 0.3) is 0 Å². The van der Waals surface area contributed by atoms with Gasteiger partial charge in [-0.15, -0.1) is 0 Å². The maximum absolute atomic E-state index is 10.6. The van der Waals surface area contributed by atoms with Crippen molar-refractivity contribution in [2.75, 3.05) is 6.54 Å². The fourth-order valence-corrected chi connectivity index (χ4v) is 1.79. The number of hydrogen-bond donors (Lipinski definition) is 3. The van der Waals surface area contributed by atoms with Crippen molar-refractivity contribution in [3.8, 4) is 0 Å². The molecule has 0 heterocycles. The van der Waals surface area contributed by atoms with Crippen LogP contribution in [0.2, 0.25) is 0 Å². The van der Waals surface area contributed by atoms with Crippen LogP contribution in [0, 0.1) is 0 Å². The molecule has 1 fully saturated rings. The number of nitrogens with one attached hydrogen (secondary N) is 1. The maximum Gasteiger partial charge on any atom is 0.336 e. The number of rotatable bonds is 4. The summed E-state index contributed by atoms with van der Waals surface area (Å²) in [6, 6.07) is 0. The Labute approximate surface area is 84.3 Å². The monoisotopic (exact) mass is 201 g/mol. The van der Waals surface area contributed by atoms with Crippen LogP contribution < -0.4 is 5.32 Å². The lowest BCUT2D eigenvalue weighted by Crippen LogP contribution is -2.51. The minimum Gasteiger partial charge on any atom is -0.479 e. The van der Waals surface area contributed by atoms with Crippen molar-refractivity contribution in [3.63, 3.8) is 0 Å². The number of aliphatic carboxylic acids is 1. The summed E-state index contributed by atoms with van der Waals surface area (Å²) in [6.07, 6.45) is 4.48. The summed E-state index contributed by atoms with van der Waals surface area (Å²) >= 11 is 0. The summed E-state index contributed by atoms with van der Waals surface area (Å²) in [6.45, 7) is 3.51. The van der Waals surface area contributed by atoms with Gasteiger partial charge in [0.05, 0.1) is 0 Å². The van der Waals surface area contributed by atoms with E-state index < -0.39 is 11.6 Å². The second-order valence-corrected chi connectivity index (χ2v) is 4.70. The van der Waals surface area contributed by atoms with Crippen LogP contribution in [0.15, 0.2) is 0 Å². The van der Waals surface area contributed by atoms with Crippen LogP contribution in [-0.4, -0.2) is 33.9 Å². The van der Waals surface area contributed by atoms with Gasteiger partial charge >= 0.3 is 5.97 Å². The molecule has 0 aromatic heterocycles. The normalized spacial score (nSPS) is 24.5. The fourth-order valence-electron chi connectivity index (χ4n) is 1.79. The number of β-amino-alcohol motifs (C(OH)–C–C–N with tert-alkyl or cyclic N) is 1. The van der Waals surface area contributed by atoms with E-state index in [9.17, 15) is 9.90 Å². The standard InChI is InChI=1S/C10H19NO3/c1-9(5-3-4-6-9)11-7-10(2,14)8(12)13/h11,14H,3-7H2,1-2H3,(H,12,13). The Balaban J connectivity index is 2.43. The molecule has 0 aliphatic heterocycles. The zero-order valence-corrected chi connectivity index (χ0v) is 8.84. The average Bonchev–Trinajstić information content (AvgIpc) is 2.50. The highest BCUT2D eigenvalue weighted by Crippen LogP contribution is 2.29. The molecule has 1 aliphatic rings. The van der Waals surface area contributed by atoms with Crippen molar-refractivity contribution >= 4 is 5.97 Å². The van der Waals surface area contributed by atoms with E-state index in [0.29, 0.717) is 0 Å². The van der Waals surface area contributed by atoms with Gasteiger partial charge in [0, 0.05) is 12.1 Å². The van der Waals surface area contributed by atoms with E-state index in [1.54, 1.807) is 0 Å². The number of aliphatic hydroxyl groups is 1. The summed E-state index contributed by atoms with van der Waals surface area (Å²) in [5.74, 6) is -1.17. The van der Waals surface area contributed by atoms with Crippen molar-refractivity contribution < 1.29 is 15.0 Å². The van der Waals surface area contributed by atoms with E-state index in [0.717, 1.165) is 12.8 Å². The third kappa shape index (κ3) is 2.69. The summed E-state index contributed by atoms with van der Waals surface area (Å²) in [5, 5.41) is 21.4. The molecule has 3 N–H and O–H groups in total. The van der Waals surface area contributed by atoms with Gasteiger partial charge in [-0.05, 0) is 26.7 Å². The summed E-state index contributed by atoms with van der Waals surface area (Å²) in [5.41, 5.74) is -1.65. The molecule has 1 rings (SSSR count). The first-order valence-electron chi connectivity index (χ1n) is 5.07. The molecule has 0 amide bonds. The van der Waals surface area contributed by atoms with Gasteiger partial charge in [-0.2, -0.15) is 0 Å². The van der Waals surface area contributed by atoms with Crippen LogP contribution in [-0.2, 0) is 4.79 Å². The highest BCUT2D eigenvalue weighted by Gasteiger charge is 2.34. The summed E-state index contributed by atoms with van der Waals surface area (Å²) < 4.78 is 0. The molecule has 0 aromatic rings. The molecular formula is C10H19NO3. The van der Waals surface area contributed by atoms with Gasteiger partial charge in [-0.25, -0.2) is 4.79 Å². The number of carbonyl (C=O) groups is 1. The van der Waals surface area contributed by atoms with E-state index in [-0.39, 0.29) is 12.1 Å². The first-order valence-corrected chi connectivity index (χ1v) is 5.07. The first-order chi connectivity index (χ1) is 6.36. The SMILES string of the molecule is CC1(NCC(C)(O)C(=O)O)CCCC1. The van der Waals surface area contributed by atoms with Crippen LogP contribution in [0.1, 0.15) is 39.5 Å². The average molecular weight is 201 g/mol. The fraction of sp³-hybridized carbons (Fsp3) is 0.900. The van der Waals surface area contributed by atoms with Crippen LogP contribution in [0.3, 0.4) is 0 Å². The Bertz CT molecular complexity index is 219. The van der Waals surface area contributed by atoms with Crippen LogP contribution in [0.5, 0.6) is 0 Å². The molecule has 1 saturated carbocycles. The van der Waals surface area contributed by atoms with Gasteiger partial charge in [0.2, 0.25) is 0 Å². The Hall–Kier alpha value is -0.610. The largest absolute Gasteiger partial charge is 0.479 e. The number of carboxylic acids is 1. The van der Waals surface area contributed by atoms with Crippen molar-refractivity contribution in [1.29, 1.82) is 0 Å². The highest BCUT2D eigenvalue weighted by molar-refractivity contribution is 5.76. The zero-order valence-electron chi connectivity index (χ0n) is 8.84. The van der Waals surface area contributed by atoms with E-state index in [1.807, 2.05) is 0 Å². The van der Waals surface area contributed by atoms with E-state index in [2.05, 4.69) is 12.2 Å². The van der Waals surface area contributed by atoms with Gasteiger partial charge < -0.3 is 15.5 Å². The van der Waals surface area contributed by atoms with Gasteiger partial charge in [-0.1, -0.05) is 12.8 Å². The predicted octanol–water partition coefficient (Wildman–Crippen LogP) is 0.744. The number of hydrogen-bond acceptors (Lipinski definition) is 3. The topological polar surface area (TPSA) is 69.6 Å². The van der Waals surface area contributed by atoms with E-state index in [1.165, 1.54) is 19.8 Å². The van der Waals surface area contributed by atoms with Gasteiger partial charge in [0.15, 0.2) is 5.60 Å². The minimum atomic E-state index is -1.66. The number of carboxylic acid groups (broad SMARTS) is 1. The molecule has 4 nitrogen and oxygen atoms in total. The lowest BCUT2D eigenvalue weighted by molar-refractivity contribution is -0.156. The summed E-state index contributed by atoms with van der Waals surface area (Å²) in [4.78, 5) is 10.6. The Kier molecular flexibility index (Phi) is 3.17. The van der Waals surface area contributed by atoms with Crippen LogP contribution >= 0.6 is 0 Å². The molecule has 1 aliphatic carbocycles. The Morgan fingerprint density at radius 3 is 2.43 bits per heavy atom. The predicted molar refractivity (Wildman–Crippen MR) is 53.1 cm³/mol. The Morgan fingerprint density at radius 1 is 1.50 bits per heavy atom. The molecule has 14 heavy (non-hydrogen) atoms. The molecule has 0 radical (unpaired) electrons. The molecule has 0 saturated heterocycles. The summed E-state index contributed by atoms with van der Waals surface area (Å²) in [7, 11) is 0. The molecule has 4 heteroatoms. The highest BCUT2D eigenvalue weighted by atomic mass is 16.4. The quantitative estimate of drug-likeness (QED) is 0.627. The molecule has 82 valence electrons. The minimum absolute atomic E-state index is 0.0133. The van der Waals surface area contributed by atoms with Crippen molar-refractivity contribution in [3.05, 3.63) is 0 Å². The second-order valence-electron chi connectivity index (χ2n) is 4.70. The molecule has 0 spiro atoms. The van der Waals surface area contributed by atoms with Crippen molar-refractivity contribution in [2.24, 2.45) is 0 Å². The van der Waals surface area contributed by atoms with E-state index in [4.69, 9.17) is 5.11 Å². The third-order valence-electron chi connectivity index (χ3n) is 3.03. The molecule has 1 atom stereocenters. The van der Waals surface area contributed by atoms with Gasteiger partial charge in [-0.3, -0.25) is 0 Å².